The summed E-state index contributed by atoms with van der Waals surface area (Å²) in [4.78, 5) is 11.5. The highest BCUT2D eigenvalue weighted by atomic mass is 16.1. The molecule has 4 unspecified atom stereocenters. The Balaban J connectivity index is 2.27. The lowest BCUT2D eigenvalue weighted by atomic mass is 9.43. The van der Waals surface area contributed by atoms with Crippen LogP contribution in [0.15, 0.2) is 0 Å². The van der Waals surface area contributed by atoms with Crippen LogP contribution in [0, 0.1) is 40.4 Å². The Bertz CT molecular complexity index is 313. The van der Waals surface area contributed by atoms with Crippen molar-refractivity contribution in [1.29, 1.82) is 5.26 Å². The molecule has 0 N–H and O–H groups in total. The molecule has 0 amide bonds. The van der Waals surface area contributed by atoms with Gasteiger partial charge < -0.3 is 0 Å². The number of nitrogens with zero attached hydrogens (tertiary/aromatic N) is 1. The second-order valence-electron chi connectivity index (χ2n) is 5.47. The molecule has 0 spiro atoms. The molecular weight excluding hydrogens is 174 g/mol. The summed E-state index contributed by atoms with van der Waals surface area (Å²) in [7, 11) is 0. The van der Waals surface area contributed by atoms with Crippen LogP contribution in [0.2, 0.25) is 0 Å². The highest BCUT2D eigenvalue weighted by Crippen LogP contribution is 2.63. The third-order valence-corrected chi connectivity index (χ3v) is 4.59. The zero-order chi connectivity index (χ0) is 10.5. The molecule has 0 aromatic carbocycles. The number of rotatable bonds is 1. The number of carbonyl (C=O) groups excluding carboxylic acids is 1. The molecule has 14 heavy (non-hydrogen) atoms. The molecule has 0 aromatic heterocycles. The number of nitriles is 1. The normalized spacial score (nSPS) is 43.6. The van der Waals surface area contributed by atoms with Gasteiger partial charge in [0.15, 0.2) is 0 Å². The highest BCUT2D eigenvalue weighted by Gasteiger charge is 2.58. The van der Waals surface area contributed by atoms with Crippen LogP contribution in [0.1, 0.15) is 33.6 Å². The van der Waals surface area contributed by atoms with Gasteiger partial charge in [-0.15, -0.1) is 0 Å². The van der Waals surface area contributed by atoms with E-state index in [0.717, 1.165) is 12.8 Å². The van der Waals surface area contributed by atoms with Gasteiger partial charge in [-0.3, -0.25) is 4.79 Å². The molecule has 4 atom stereocenters. The Labute approximate surface area is 85.3 Å². The van der Waals surface area contributed by atoms with Gasteiger partial charge in [0.25, 0.3) is 0 Å². The first-order chi connectivity index (χ1) is 6.48. The molecule has 3 aliphatic rings. The topological polar surface area (TPSA) is 40.9 Å². The molecule has 0 radical (unpaired) electrons. The fourth-order valence-electron chi connectivity index (χ4n) is 3.50. The van der Waals surface area contributed by atoms with Crippen LogP contribution in [0.3, 0.4) is 0 Å². The Morgan fingerprint density at radius 3 is 2.50 bits per heavy atom. The molecule has 0 aliphatic heterocycles. The molecular formula is C12H17NO. The third kappa shape index (κ3) is 1.05. The summed E-state index contributed by atoms with van der Waals surface area (Å²) in [6.45, 7) is 6.13. The molecule has 76 valence electrons. The van der Waals surface area contributed by atoms with Crippen LogP contribution < -0.4 is 0 Å². The lowest BCUT2D eigenvalue weighted by Gasteiger charge is -2.60. The first kappa shape index (κ1) is 9.71. The minimum atomic E-state index is -0.00993. The van der Waals surface area contributed by atoms with Gasteiger partial charge >= 0.3 is 0 Å². The van der Waals surface area contributed by atoms with E-state index in [0.29, 0.717) is 17.3 Å². The molecule has 3 saturated carbocycles. The number of hydrogen-bond donors (Lipinski definition) is 0. The van der Waals surface area contributed by atoms with Gasteiger partial charge in [0.2, 0.25) is 0 Å². The number of ketones is 1. The van der Waals surface area contributed by atoms with Crippen molar-refractivity contribution in [3.05, 3.63) is 0 Å². The Kier molecular flexibility index (Phi) is 1.96. The summed E-state index contributed by atoms with van der Waals surface area (Å²) < 4.78 is 0. The second kappa shape index (κ2) is 2.82. The van der Waals surface area contributed by atoms with Crippen molar-refractivity contribution < 1.29 is 4.79 Å². The minimum absolute atomic E-state index is 0.00993. The predicted octanol–water partition coefficient (Wildman–Crippen LogP) is 2.40. The highest BCUT2D eigenvalue weighted by molar-refractivity contribution is 5.80. The maximum atomic E-state index is 11.5. The molecule has 0 heterocycles. The summed E-state index contributed by atoms with van der Waals surface area (Å²) >= 11 is 0. The van der Waals surface area contributed by atoms with Gasteiger partial charge in [-0.1, -0.05) is 13.8 Å². The van der Waals surface area contributed by atoms with Gasteiger partial charge in [-0.05, 0) is 37.0 Å². The van der Waals surface area contributed by atoms with Gasteiger partial charge in [0, 0.05) is 5.92 Å². The number of carbonyl (C=O) groups is 1. The van der Waals surface area contributed by atoms with Crippen molar-refractivity contribution in [3.63, 3.8) is 0 Å². The average molecular weight is 191 g/mol. The smallest absolute Gasteiger partial charge is 0.134 e. The maximum absolute atomic E-state index is 11.5. The fraction of sp³-hybridized carbons (Fsp3) is 0.833. The summed E-state index contributed by atoms with van der Waals surface area (Å²) in [6.07, 6.45) is 2.10. The fourth-order valence-corrected chi connectivity index (χ4v) is 3.50. The van der Waals surface area contributed by atoms with Crippen LogP contribution in [0.25, 0.3) is 0 Å². The van der Waals surface area contributed by atoms with Crippen molar-refractivity contribution in [2.45, 2.75) is 33.6 Å². The molecule has 0 saturated heterocycles. The lowest BCUT2D eigenvalue weighted by Crippen LogP contribution is -2.57. The monoisotopic (exact) mass is 191 g/mol. The Morgan fingerprint density at radius 2 is 2.07 bits per heavy atom. The lowest BCUT2D eigenvalue weighted by molar-refractivity contribution is -0.151. The quantitative estimate of drug-likeness (QED) is 0.638. The standard InChI is InChI=1S/C12H17NO/c1-7(14)11-8(6-13)4-9-5-10(11)12(9,2)3/h8-11H,4-5H2,1-3H3. The summed E-state index contributed by atoms with van der Waals surface area (Å²) in [5.74, 6) is 1.35. The molecule has 0 aromatic rings. The second-order valence-corrected chi connectivity index (χ2v) is 5.47. The van der Waals surface area contributed by atoms with Gasteiger partial charge in [-0.25, -0.2) is 0 Å². The van der Waals surface area contributed by atoms with Crippen LogP contribution in [-0.4, -0.2) is 5.78 Å². The number of hydrogen-bond acceptors (Lipinski definition) is 2. The van der Waals surface area contributed by atoms with E-state index in [2.05, 4.69) is 19.9 Å². The van der Waals surface area contributed by atoms with E-state index in [4.69, 9.17) is 5.26 Å². The maximum Gasteiger partial charge on any atom is 0.134 e. The van der Waals surface area contributed by atoms with E-state index in [9.17, 15) is 4.79 Å². The zero-order valence-electron chi connectivity index (χ0n) is 9.08. The number of fused-ring (bicyclic) bond motifs is 2. The summed E-state index contributed by atoms with van der Waals surface area (Å²) in [5.41, 5.74) is 0.295. The van der Waals surface area contributed by atoms with Crippen LogP contribution in [0.5, 0.6) is 0 Å². The largest absolute Gasteiger partial charge is 0.300 e. The Hall–Kier alpha value is -0.840. The predicted molar refractivity (Wildman–Crippen MR) is 53.3 cm³/mol. The zero-order valence-corrected chi connectivity index (χ0v) is 9.08. The molecule has 2 heteroatoms. The van der Waals surface area contributed by atoms with Crippen LogP contribution >= 0.6 is 0 Å². The van der Waals surface area contributed by atoms with Crippen molar-refractivity contribution >= 4 is 5.78 Å². The van der Waals surface area contributed by atoms with Gasteiger partial charge in [0.05, 0.1) is 12.0 Å². The van der Waals surface area contributed by atoms with E-state index in [-0.39, 0.29) is 17.6 Å². The first-order valence-corrected chi connectivity index (χ1v) is 5.38. The number of Topliss-reactive ketones (excluding diaryl/α,β-unsaturated/α-hetero) is 1. The van der Waals surface area contributed by atoms with E-state index in [1.165, 1.54) is 0 Å². The van der Waals surface area contributed by atoms with E-state index >= 15 is 0 Å². The molecule has 3 aliphatic carbocycles. The average Bonchev–Trinajstić information content (AvgIpc) is 2.16. The van der Waals surface area contributed by atoms with Crippen molar-refractivity contribution in [1.82, 2.24) is 0 Å². The molecule has 3 fully saturated rings. The third-order valence-electron chi connectivity index (χ3n) is 4.59. The SMILES string of the molecule is CC(=O)C1C(C#N)CC2CC1C2(C)C. The van der Waals surface area contributed by atoms with E-state index < -0.39 is 0 Å². The van der Waals surface area contributed by atoms with E-state index in [1.807, 2.05) is 0 Å². The van der Waals surface area contributed by atoms with Gasteiger partial charge in [0.1, 0.15) is 5.78 Å². The molecule has 2 bridgehead atoms. The van der Waals surface area contributed by atoms with Crippen LogP contribution in [-0.2, 0) is 4.79 Å². The summed E-state index contributed by atoms with van der Waals surface area (Å²) in [6, 6.07) is 2.31. The first-order valence-electron chi connectivity index (χ1n) is 5.38. The minimum Gasteiger partial charge on any atom is -0.300 e. The van der Waals surface area contributed by atoms with Gasteiger partial charge in [-0.2, -0.15) is 5.26 Å². The van der Waals surface area contributed by atoms with E-state index in [1.54, 1.807) is 6.92 Å². The van der Waals surface area contributed by atoms with Crippen molar-refractivity contribution in [2.24, 2.45) is 29.1 Å². The van der Waals surface area contributed by atoms with Crippen molar-refractivity contribution in [2.75, 3.05) is 0 Å². The molecule has 3 rings (SSSR count). The van der Waals surface area contributed by atoms with Crippen LogP contribution in [0.4, 0.5) is 0 Å². The Morgan fingerprint density at radius 1 is 1.43 bits per heavy atom. The van der Waals surface area contributed by atoms with Crippen molar-refractivity contribution in [3.8, 4) is 6.07 Å². The summed E-state index contributed by atoms with van der Waals surface area (Å²) in [5, 5.41) is 9.02. The molecule has 2 nitrogen and oxygen atoms in total.